The topological polar surface area (TPSA) is 83.4 Å². The van der Waals surface area contributed by atoms with Crippen LogP contribution in [0.25, 0.3) is 0 Å². The maximum Gasteiger partial charge on any atom is 0.343 e. The Labute approximate surface area is 246 Å². The van der Waals surface area contributed by atoms with Crippen molar-refractivity contribution in [3.63, 3.8) is 0 Å². The molecule has 0 bridgehead atoms. The first-order valence-electron chi connectivity index (χ1n) is 14.2. The van der Waals surface area contributed by atoms with Gasteiger partial charge in [-0.1, -0.05) is 26.7 Å². The number of ether oxygens (including phenoxy) is 4. The largest absolute Gasteiger partial charge is 0.494 e. The highest BCUT2D eigenvalue weighted by molar-refractivity contribution is 5.92. The van der Waals surface area contributed by atoms with E-state index in [9.17, 15) is 9.59 Å². The standard InChI is InChI=1S/C35H35NO6/c1-3-5-23-39-30-17-9-27(10-18-30)34(37)41-32-15-7-26(8-16-32)25-36-29-13-21-33(22-14-29)42-35(38)28-11-19-31(20-12-28)40-24-6-4-2/h7-22,25H,3-6,23-24H2,1-2H3. The van der Waals surface area contributed by atoms with Gasteiger partial charge in [0.15, 0.2) is 0 Å². The van der Waals surface area contributed by atoms with Crippen LogP contribution in [0.2, 0.25) is 0 Å². The molecule has 42 heavy (non-hydrogen) atoms. The Kier molecular flexibility index (Phi) is 11.3. The molecule has 4 aromatic carbocycles. The van der Waals surface area contributed by atoms with E-state index in [4.69, 9.17) is 18.9 Å². The average Bonchev–Trinajstić information content (AvgIpc) is 3.02. The van der Waals surface area contributed by atoms with E-state index < -0.39 is 11.9 Å². The molecule has 0 fully saturated rings. The summed E-state index contributed by atoms with van der Waals surface area (Å²) in [6.07, 6.45) is 5.80. The quantitative estimate of drug-likeness (QED) is 0.0663. The van der Waals surface area contributed by atoms with Crippen molar-refractivity contribution in [2.24, 2.45) is 4.99 Å². The molecule has 0 aliphatic carbocycles. The van der Waals surface area contributed by atoms with Crippen LogP contribution in [0.4, 0.5) is 5.69 Å². The SMILES string of the molecule is CCCCOc1ccc(C(=O)Oc2ccc(C=Nc3ccc(OC(=O)c4ccc(OCCCC)cc4)cc3)cc2)cc1. The summed E-state index contributed by atoms with van der Waals surface area (Å²) in [5, 5.41) is 0. The molecule has 0 heterocycles. The zero-order valence-electron chi connectivity index (χ0n) is 24.0. The molecule has 0 saturated heterocycles. The minimum Gasteiger partial charge on any atom is -0.494 e. The number of hydrogen-bond acceptors (Lipinski definition) is 7. The zero-order valence-corrected chi connectivity index (χ0v) is 24.0. The number of hydrogen-bond donors (Lipinski definition) is 0. The van der Waals surface area contributed by atoms with Crippen molar-refractivity contribution in [2.75, 3.05) is 13.2 Å². The van der Waals surface area contributed by atoms with Crippen molar-refractivity contribution in [3.8, 4) is 23.0 Å². The number of esters is 2. The molecule has 7 nitrogen and oxygen atoms in total. The molecule has 0 atom stereocenters. The van der Waals surface area contributed by atoms with Gasteiger partial charge in [0.1, 0.15) is 23.0 Å². The third-order valence-electron chi connectivity index (χ3n) is 6.21. The second-order valence-electron chi connectivity index (χ2n) is 9.55. The molecule has 0 radical (unpaired) electrons. The number of aliphatic imine (C=N–C) groups is 1. The predicted molar refractivity (Wildman–Crippen MR) is 164 cm³/mol. The monoisotopic (exact) mass is 565 g/mol. The maximum atomic E-state index is 12.5. The second kappa shape index (κ2) is 15.8. The fourth-order valence-corrected chi connectivity index (χ4v) is 3.75. The first-order chi connectivity index (χ1) is 20.5. The smallest absolute Gasteiger partial charge is 0.343 e. The third kappa shape index (κ3) is 9.34. The lowest BCUT2D eigenvalue weighted by Gasteiger charge is -2.07. The molecule has 4 rings (SSSR count). The van der Waals surface area contributed by atoms with Crippen LogP contribution in [0.3, 0.4) is 0 Å². The molecule has 0 amide bonds. The van der Waals surface area contributed by atoms with E-state index >= 15 is 0 Å². The Hall–Kier alpha value is -4.91. The first kappa shape index (κ1) is 30.1. The summed E-state index contributed by atoms with van der Waals surface area (Å²) in [5.74, 6) is 1.44. The van der Waals surface area contributed by atoms with Gasteiger partial charge in [-0.15, -0.1) is 0 Å². The molecule has 4 aromatic rings. The fraction of sp³-hybridized carbons (Fsp3) is 0.229. The van der Waals surface area contributed by atoms with Gasteiger partial charge in [0.05, 0.1) is 30.0 Å². The highest BCUT2D eigenvalue weighted by Crippen LogP contribution is 2.21. The highest BCUT2D eigenvalue weighted by atomic mass is 16.5. The van der Waals surface area contributed by atoms with Gasteiger partial charge in [-0.3, -0.25) is 4.99 Å². The van der Waals surface area contributed by atoms with Crippen molar-refractivity contribution in [3.05, 3.63) is 114 Å². The zero-order chi connectivity index (χ0) is 29.6. The molecule has 0 aliphatic rings. The first-order valence-corrected chi connectivity index (χ1v) is 14.2. The van der Waals surface area contributed by atoms with E-state index in [1.807, 2.05) is 12.1 Å². The summed E-state index contributed by atoms with van der Waals surface area (Å²) < 4.78 is 22.2. The van der Waals surface area contributed by atoms with Gasteiger partial charge in [0.25, 0.3) is 0 Å². The number of unbranched alkanes of at least 4 members (excludes halogenated alkanes) is 2. The lowest BCUT2D eigenvalue weighted by atomic mass is 10.2. The summed E-state index contributed by atoms with van der Waals surface area (Å²) >= 11 is 0. The van der Waals surface area contributed by atoms with Crippen LogP contribution in [0, 0.1) is 0 Å². The number of nitrogens with zero attached hydrogens (tertiary/aromatic N) is 1. The van der Waals surface area contributed by atoms with Crippen LogP contribution in [0.1, 0.15) is 65.8 Å². The molecule has 0 aliphatic heterocycles. The molecule has 216 valence electrons. The van der Waals surface area contributed by atoms with Crippen LogP contribution in [0.5, 0.6) is 23.0 Å². The van der Waals surface area contributed by atoms with E-state index in [-0.39, 0.29) is 0 Å². The Morgan fingerprint density at radius 3 is 1.40 bits per heavy atom. The molecule has 0 aromatic heterocycles. The second-order valence-corrected chi connectivity index (χ2v) is 9.55. The van der Waals surface area contributed by atoms with Gasteiger partial charge in [-0.2, -0.15) is 0 Å². The van der Waals surface area contributed by atoms with Crippen LogP contribution >= 0.6 is 0 Å². The van der Waals surface area contributed by atoms with Gasteiger partial charge in [-0.25, -0.2) is 9.59 Å². The Balaban J connectivity index is 1.25. The maximum absolute atomic E-state index is 12.5. The van der Waals surface area contributed by atoms with E-state index in [0.29, 0.717) is 41.5 Å². The molecule has 0 N–H and O–H groups in total. The van der Waals surface area contributed by atoms with Crippen molar-refractivity contribution in [1.82, 2.24) is 0 Å². The van der Waals surface area contributed by atoms with E-state index in [0.717, 1.165) is 42.7 Å². The van der Waals surface area contributed by atoms with E-state index in [1.54, 1.807) is 91.1 Å². The van der Waals surface area contributed by atoms with Gasteiger partial charge in [0.2, 0.25) is 0 Å². The van der Waals surface area contributed by atoms with Crippen molar-refractivity contribution >= 4 is 23.8 Å². The van der Waals surface area contributed by atoms with Gasteiger partial charge >= 0.3 is 11.9 Å². The fourth-order valence-electron chi connectivity index (χ4n) is 3.75. The summed E-state index contributed by atoms with van der Waals surface area (Å²) in [6.45, 7) is 5.52. The number of carbonyl (C=O) groups excluding carboxylic acids is 2. The molecule has 0 unspecified atom stereocenters. The van der Waals surface area contributed by atoms with Crippen molar-refractivity contribution in [2.45, 2.75) is 39.5 Å². The Morgan fingerprint density at radius 1 is 0.571 bits per heavy atom. The van der Waals surface area contributed by atoms with Crippen LogP contribution < -0.4 is 18.9 Å². The summed E-state index contributed by atoms with van der Waals surface area (Å²) in [6, 6.07) is 27.8. The van der Waals surface area contributed by atoms with Crippen molar-refractivity contribution in [1.29, 1.82) is 0 Å². The molecule has 7 heteroatoms. The Morgan fingerprint density at radius 2 is 0.976 bits per heavy atom. The summed E-state index contributed by atoms with van der Waals surface area (Å²) in [7, 11) is 0. The lowest BCUT2D eigenvalue weighted by Crippen LogP contribution is -2.08. The van der Waals surface area contributed by atoms with E-state index in [1.165, 1.54) is 0 Å². The lowest BCUT2D eigenvalue weighted by molar-refractivity contribution is 0.0725. The average molecular weight is 566 g/mol. The number of rotatable bonds is 14. The van der Waals surface area contributed by atoms with Gasteiger partial charge < -0.3 is 18.9 Å². The molecule has 0 spiro atoms. The van der Waals surface area contributed by atoms with Gasteiger partial charge in [-0.05, 0) is 115 Å². The molecular weight excluding hydrogens is 530 g/mol. The molecule has 0 saturated carbocycles. The third-order valence-corrected chi connectivity index (χ3v) is 6.21. The minimum atomic E-state index is -0.444. The predicted octanol–water partition coefficient (Wildman–Crippen LogP) is 8.23. The van der Waals surface area contributed by atoms with Crippen LogP contribution in [-0.2, 0) is 0 Å². The number of carbonyl (C=O) groups is 2. The Bertz CT molecular complexity index is 1330. The van der Waals surface area contributed by atoms with Crippen molar-refractivity contribution < 1.29 is 28.5 Å². The van der Waals surface area contributed by atoms with Crippen LogP contribution in [0.15, 0.2) is 102 Å². The normalized spacial score (nSPS) is 10.8. The minimum absolute atomic E-state index is 0.423. The van der Waals surface area contributed by atoms with Gasteiger partial charge in [0, 0.05) is 6.21 Å². The summed E-state index contributed by atoms with van der Waals surface area (Å²) in [5.41, 5.74) is 2.42. The number of benzene rings is 4. The summed E-state index contributed by atoms with van der Waals surface area (Å²) in [4.78, 5) is 29.4. The van der Waals surface area contributed by atoms with Crippen LogP contribution in [-0.4, -0.2) is 31.4 Å². The van der Waals surface area contributed by atoms with E-state index in [2.05, 4.69) is 18.8 Å². The highest BCUT2D eigenvalue weighted by Gasteiger charge is 2.10. The molecular formula is C35H35NO6.